The number of rotatable bonds is 4. The molecule has 0 aliphatic carbocycles. The largest absolute Gasteiger partial charge is 0.480 e. The zero-order valence-corrected chi connectivity index (χ0v) is 11.1. The highest BCUT2D eigenvalue weighted by atomic mass is 16.4. The number of carboxylic acids is 1. The van der Waals surface area contributed by atoms with Crippen molar-refractivity contribution >= 4 is 11.9 Å². The molecule has 2 N–H and O–H groups in total. The van der Waals surface area contributed by atoms with E-state index in [1.807, 2.05) is 27.7 Å². The van der Waals surface area contributed by atoms with E-state index in [2.05, 4.69) is 10.4 Å². The molecule has 0 atom stereocenters. The molecule has 0 saturated heterocycles. The van der Waals surface area contributed by atoms with Gasteiger partial charge in [-0.15, -0.1) is 0 Å². The second-order valence-electron chi connectivity index (χ2n) is 5.02. The predicted molar refractivity (Wildman–Crippen MR) is 66.6 cm³/mol. The third kappa shape index (κ3) is 3.09. The van der Waals surface area contributed by atoms with Crippen molar-refractivity contribution in [2.24, 2.45) is 0 Å². The molecule has 100 valence electrons. The van der Waals surface area contributed by atoms with E-state index in [9.17, 15) is 9.59 Å². The van der Waals surface area contributed by atoms with Crippen molar-refractivity contribution in [1.82, 2.24) is 15.1 Å². The number of carbonyl (C=O) groups is 2. The van der Waals surface area contributed by atoms with Gasteiger partial charge in [0, 0.05) is 0 Å². The quantitative estimate of drug-likeness (QED) is 0.839. The first-order chi connectivity index (χ1) is 8.27. The predicted octanol–water partition coefficient (Wildman–Crippen LogP) is 1.01. The molecule has 18 heavy (non-hydrogen) atoms. The normalized spacial score (nSPS) is 11.3. The van der Waals surface area contributed by atoms with Gasteiger partial charge in [0.15, 0.2) is 0 Å². The molecule has 1 amide bonds. The molecule has 0 aliphatic heterocycles. The number of carbonyl (C=O) groups excluding carboxylic acids is 1. The topological polar surface area (TPSA) is 84.2 Å². The van der Waals surface area contributed by atoms with Crippen molar-refractivity contribution in [3.05, 3.63) is 17.5 Å². The number of aliphatic carboxylic acids is 1. The van der Waals surface area contributed by atoms with Crippen LogP contribution in [0.1, 0.15) is 43.7 Å². The number of nitrogens with zero attached hydrogens (tertiary/aromatic N) is 2. The Kier molecular flexibility index (Phi) is 4.11. The maximum Gasteiger partial charge on any atom is 0.322 e. The average Bonchev–Trinajstić information content (AvgIpc) is 2.68. The highest BCUT2D eigenvalue weighted by Gasteiger charge is 2.23. The first-order valence-electron chi connectivity index (χ1n) is 5.84. The Morgan fingerprint density at radius 1 is 1.44 bits per heavy atom. The Balaban J connectivity index is 3.00. The molecule has 1 aromatic heterocycles. The maximum absolute atomic E-state index is 11.8. The van der Waals surface area contributed by atoms with Gasteiger partial charge < -0.3 is 10.4 Å². The molecule has 0 unspecified atom stereocenters. The van der Waals surface area contributed by atoms with Crippen LogP contribution in [0.5, 0.6) is 0 Å². The lowest BCUT2D eigenvalue weighted by Crippen LogP contribution is -2.31. The van der Waals surface area contributed by atoms with Crippen molar-refractivity contribution in [3.63, 3.8) is 0 Å². The third-order valence-corrected chi connectivity index (χ3v) is 2.48. The first-order valence-corrected chi connectivity index (χ1v) is 5.84. The monoisotopic (exact) mass is 253 g/mol. The second kappa shape index (κ2) is 5.20. The van der Waals surface area contributed by atoms with Crippen LogP contribution in [0.3, 0.4) is 0 Å². The van der Waals surface area contributed by atoms with Gasteiger partial charge in [-0.3, -0.25) is 14.3 Å². The second-order valence-corrected chi connectivity index (χ2v) is 5.02. The summed E-state index contributed by atoms with van der Waals surface area (Å²) < 4.78 is 1.79. The number of carboxylic acid groups (broad SMARTS) is 1. The van der Waals surface area contributed by atoms with Gasteiger partial charge in [-0.1, -0.05) is 6.92 Å². The minimum atomic E-state index is -1.07. The van der Waals surface area contributed by atoms with E-state index in [1.54, 1.807) is 4.68 Å². The molecule has 0 radical (unpaired) electrons. The fourth-order valence-electron chi connectivity index (χ4n) is 1.73. The standard InChI is InChI=1S/C12H19N3O3/c1-5-9-8(11(18)13-7-10(16)17)6-14-15(9)12(2,3)4/h6H,5,7H2,1-4H3,(H,13,18)(H,16,17). The van der Waals surface area contributed by atoms with E-state index < -0.39 is 11.9 Å². The summed E-state index contributed by atoms with van der Waals surface area (Å²) in [5.74, 6) is -1.46. The molecule has 1 rings (SSSR count). The van der Waals surface area contributed by atoms with E-state index in [-0.39, 0.29) is 12.1 Å². The first kappa shape index (κ1) is 14.2. The Hall–Kier alpha value is -1.85. The number of aromatic nitrogens is 2. The molecule has 6 heteroatoms. The van der Waals surface area contributed by atoms with Crippen LogP contribution in [0.4, 0.5) is 0 Å². The van der Waals surface area contributed by atoms with Crippen LogP contribution in [0.2, 0.25) is 0 Å². The summed E-state index contributed by atoms with van der Waals surface area (Å²) in [6.45, 7) is 7.55. The minimum absolute atomic E-state index is 0.212. The molecule has 1 heterocycles. The van der Waals surface area contributed by atoms with Crippen LogP contribution in [0, 0.1) is 0 Å². The maximum atomic E-state index is 11.8. The lowest BCUT2D eigenvalue weighted by Gasteiger charge is -2.22. The van der Waals surface area contributed by atoms with Crippen molar-refractivity contribution in [1.29, 1.82) is 0 Å². The van der Waals surface area contributed by atoms with Gasteiger partial charge in [0.05, 0.1) is 23.0 Å². The highest BCUT2D eigenvalue weighted by molar-refractivity contribution is 5.96. The van der Waals surface area contributed by atoms with E-state index in [4.69, 9.17) is 5.11 Å². The molecule has 0 aromatic carbocycles. The van der Waals surface area contributed by atoms with E-state index >= 15 is 0 Å². The lowest BCUT2D eigenvalue weighted by atomic mass is 10.1. The number of amides is 1. The minimum Gasteiger partial charge on any atom is -0.480 e. The summed E-state index contributed by atoms with van der Waals surface area (Å²) in [7, 11) is 0. The van der Waals surface area contributed by atoms with Crippen molar-refractivity contribution in [2.75, 3.05) is 6.54 Å². The number of hydrogen-bond acceptors (Lipinski definition) is 3. The highest BCUT2D eigenvalue weighted by Crippen LogP contribution is 2.19. The molecule has 0 fully saturated rings. The van der Waals surface area contributed by atoms with Crippen LogP contribution >= 0.6 is 0 Å². The molecule has 0 aliphatic rings. The van der Waals surface area contributed by atoms with Gasteiger partial charge >= 0.3 is 5.97 Å². The fourth-order valence-corrected chi connectivity index (χ4v) is 1.73. The van der Waals surface area contributed by atoms with Gasteiger partial charge in [-0.25, -0.2) is 0 Å². The van der Waals surface area contributed by atoms with E-state index in [0.29, 0.717) is 12.0 Å². The zero-order chi connectivity index (χ0) is 13.9. The molecule has 1 aromatic rings. The van der Waals surface area contributed by atoms with Crippen LogP contribution in [0.25, 0.3) is 0 Å². The zero-order valence-electron chi connectivity index (χ0n) is 11.1. The number of hydrogen-bond donors (Lipinski definition) is 2. The summed E-state index contributed by atoms with van der Waals surface area (Å²) in [6.07, 6.45) is 2.15. The third-order valence-electron chi connectivity index (χ3n) is 2.48. The molecule has 0 saturated carbocycles. The summed E-state index contributed by atoms with van der Waals surface area (Å²) in [5.41, 5.74) is 1.04. The van der Waals surface area contributed by atoms with Gasteiger partial charge in [0.25, 0.3) is 5.91 Å². The average molecular weight is 253 g/mol. The van der Waals surface area contributed by atoms with Crippen LogP contribution in [-0.4, -0.2) is 33.3 Å². The van der Waals surface area contributed by atoms with E-state index in [0.717, 1.165) is 5.69 Å². The van der Waals surface area contributed by atoms with Crippen molar-refractivity contribution in [2.45, 2.75) is 39.7 Å². The van der Waals surface area contributed by atoms with Gasteiger partial charge in [-0.05, 0) is 27.2 Å². The Morgan fingerprint density at radius 2 is 2.06 bits per heavy atom. The molecule has 0 spiro atoms. The summed E-state index contributed by atoms with van der Waals surface area (Å²) in [6, 6.07) is 0. The van der Waals surface area contributed by atoms with Crippen molar-refractivity contribution in [3.8, 4) is 0 Å². The Bertz CT molecular complexity index is 458. The van der Waals surface area contributed by atoms with Crippen molar-refractivity contribution < 1.29 is 14.7 Å². The summed E-state index contributed by atoms with van der Waals surface area (Å²) >= 11 is 0. The Labute approximate surface area is 106 Å². The van der Waals surface area contributed by atoms with Crippen LogP contribution < -0.4 is 5.32 Å². The molecule has 6 nitrogen and oxygen atoms in total. The molecular weight excluding hydrogens is 234 g/mol. The van der Waals surface area contributed by atoms with Crippen LogP contribution in [0.15, 0.2) is 6.20 Å². The van der Waals surface area contributed by atoms with Gasteiger partial charge in [0.1, 0.15) is 6.54 Å². The lowest BCUT2D eigenvalue weighted by molar-refractivity contribution is -0.135. The SMILES string of the molecule is CCc1c(C(=O)NCC(=O)O)cnn1C(C)(C)C. The molecular formula is C12H19N3O3. The summed E-state index contributed by atoms with van der Waals surface area (Å²) in [4.78, 5) is 22.3. The Morgan fingerprint density at radius 3 is 2.50 bits per heavy atom. The summed E-state index contributed by atoms with van der Waals surface area (Å²) in [5, 5.41) is 15.1. The van der Waals surface area contributed by atoms with Crippen LogP contribution in [-0.2, 0) is 16.8 Å². The van der Waals surface area contributed by atoms with Gasteiger partial charge in [-0.2, -0.15) is 5.10 Å². The van der Waals surface area contributed by atoms with Gasteiger partial charge in [0.2, 0.25) is 0 Å². The fraction of sp³-hybridized carbons (Fsp3) is 0.583. The van der Waals surface area contributed by atoms with E-state index in [1.165, 1.54) is 6.20 Å². The smallest absolute Gasteiger partial charge is 0.322 e. The molecule has 0 bridgehead atoms. The number of nitrogens with one attached hydrogen (secondary N) is 1.